The van der Waals surface area contributed by atoms with E-state index in [4.69, 9.17) is 10.8 Å². The summed E-state index contributed by atoms with van der Waals surface area (Å²) in [5.41, 5.74) is 2.51. The molecular formula is C21H25N7O3S. The molecule has 2 aromatic rings. The minimum Gasteiger partial charge on any atom is -0.412 e. The minimum absolute atomic E-state index is 0. The number of aromatic nitrogens is 2. The van der Waals surface area contributed by atoms with E-state index in [1.165, 1.54) is 18.6 Å². The number of hydrogen-bond donors (Lipinski definition) is 3. The molecule has 1 aliphatic carbocycles. The van der Waals surface area contributed by atoms with Gasteiger partial charge in [0.25, 0.3) is 10.0 Å². The maximum atomic E-state index is 12.5. The van der Waals surface area contributed by atoms with Crippen LogP contribution in [-0.4, -0.2) is 72.9 Å². The number of hydrogen-bond acceptors (Lipinski definition) is 8. The molecule has 0 radical (unpaired) electrons. The Morgan fingerprint density at radius 3 is 2.31 bits per heavy atom. The summed E-state index contributed by atoms with van der Waals surface area (Å²) in [4.78, 5) is 12.4. The summed E-state index contributed by atoms with van der Waals surface area (Å²) in [5.74, 6) is 0.227. The molecule has 1 fully saturated rings. The molecule has 2 aliphatic rings. The first-order chi connectivity index (χ1) is 14.9. The molecule has 11 heteroatoms. The number of piperazine rings is 1. The zero-order valence-electron chi connectivity index (χ0n) is 17.3. The molecule has 4 rings (SSSR count). The first-order valence-electron chi connectivity index (χ1n) is 9.83. The van der Waals surface area contributed by atoms with E-state index >= 15 is 0 Å². The molecule has 0 amide bonds. The lowest BCUT2D eigenvalue weighted by Gasteiger charge is -2.36. The molecule has 5 N–H and O–H groups in total. The average Bonchev–Trinajstić information content (AvgIpc) is 2.77. The normalized spacial score (nSPS) is 17.0. The molecule has 1 aromatic heterocycles. The van der Waals surface area contributed by atoms with E-state index in [1.807, 2.05) is 18.2 Å². The molecule has 0 unspecified atom stereocenters. The van der Waals surface area contributed by atoms with Gasteiger partial charge in [0, 0.05) is 44.6 Å². The Morgan fingerprint density at radius 1 is 0.969 bits per heavy atom. The number of anilines is 2. The van der Waals surface area contributed by atoms with Gasteiger partial charge in [-0.05, 0) is 48.1 Å². The van der Waals surface area contributed by atoms with Gasteiger partial charge in [-0.15, -0.1) is 0 Å². The Hall–Kier alpha value is -3.41. The Morgan fingerprint density at radius 2 is 1.69 bits per heavy atom. The van der Waals surface area contributed by atoms with Crippen molar-refractivity contribution in [3.05, 3.63) is 66.7 Å². The predicted molar refractivity (Wildman–Crippen MR) is 124 cm³/mol. The highest BCUT2D eigenvalue weighted by molar-refractivity contribution is 7.92. The molecule has 10 nitrogen and oxygen atoms in total. The van der Waals surface area contributed by atoms with Crippen LogP contribution < -0.4 is 9.62 Å². The van der Waals surface area contributed by atoms with Crippen molar-refractivity contribution in [3.8, 4) is 0 Å². The van der Waals surface area contributed by atoms with Crippen molar-refractivity contribution in [2.45, 2.75) is 4.90 Å². The van der Waals surface area contributed by atoms with Crippen molar-refractivity contribution in [2.24, 2.45) is 0 Å². The third-order valence-corrected chi connectivity index (χ3v) is 6.57. The van der Waals surface area contributed by atoms with Crippen molar-refractivity contribution >= 4 is 33.0 Å². The van der Waals surface area contributed by atoms with Gasteiger partial charge in [0.2, 0.25) is 0 Å². The van der Waals surface area contributed by atoms with Gasteiger partial charge in [0.1, 0.15) is 12.1 Å². The number of nitrogens with one attached hydrogen (secondary N) is 3. The van der Waals surface area contributed by atoms with Crippen molar-refractivity contribution < 1.29 is 13.9 Å². The average molecular weight is 456 g/mol. The van der Waals surface area contributed by atoms with Crippen LogP contribution in [0.2, 0.25) is 0 Å². The van der Waals surface area contributed by atoms with Crippen LogP contribution >= 0.6 is 0 Å². The van der Waals surface area contributed by atoms with Gasteiger partial charge in [-0.3, -0.25) is 20.4 Å². The molecular weight excluding hydrogens is 430 g/mol. The zero-order valence-corrected chi connectivity index (χ0v) is 18.1. The lowest BCUT2D eigenvalue weighted by atomic mass is 10.0. The molecule has 0 saturated carbocycles. The van der Waals surface area contributed by atoms with Crippen molar-refractivity contribution in [1.29, 1.82) is 10.8 Å². The van der Waals surface area contributed by atoms with Crippen LogP contribution in [-0.2, 0) is 10.0 Å². The van der Waals surface area contributed by atoms with Crippen LogP contribution in [0.4, 0.5) is 11.5 Å². The van der Waals surface area contributed by atoms with Gasteiger partial charge in [-0.1, -0.05) is 6.08 Å². The quantitative estimate of drug-likeness (QED) is 0.554. The predicted octanol–water partition coefficient (Wildman–Crippen LogP) is 1.11. The highest BCUT2D eigenvalue weighted by Gasteiger charge is 2.20. The van der Waals surface area contributed by atoms with Crippen molar-refractivity contribution in [3.63, 3.8) is 0 Å². The van der Waals surface area contributed by atoms with Gasteiger partial charge in [0.05, 0.1) is 16.3 Å². The van der Waals surface area contributed by atoms with E-state index in [2.05, 4.69) is 24.5 Å². The number of allylic oxidation sites excluding steroid dienone is 2. The maximum Gasteiger partial charge on any atom is 0.263 e. The Labute approximate surface area is 186 Å². The number of rotatable bonds is 6. The van der Waals surface area contributed by atoms with E-state index in [0.717, 1.165) is 44.0 Å². The van der Waals surface area contributed by atoms with Crippen molar-refractivity contribution in [1.82, 2.24) is 14.9 Å². The number of benzene rings is 1. The van der Waals surface area contributed by atoms with Crippen LogP contribution in [0, 0.1) is 10.8 Å². The summed E-state index contributed by atoms with van der Waals surface area (Å²) in [6.45, 7) is 4.15. The monoisotopic (exact) mass is 455 g/mol. The molecule has 0 bridgehead atoms. The second-order valence-corrected chi connectivity index (χ2v) is 9.02. The number of sulfonamides is 1. The van der Waals surface area contributed by atoms with E-state index < -0.39 is 10.0 Å². The second kappa shape index (κ2) is 9.81. The van der Waals surface area contributed by atoms with Gasteiger partial charge < -0.3 is 10.4 Å². The fourth-order valence-electron chi connectivity index (χ4n) is 3.50. The molecule has 2 heterocycles. The van der Waals surface area contributed by atoms with Gasteiger partial charge >= 0.3 is 0 Å². The largest absolute Gasteiger partial charge is 0.412 e. The molecule has 1 aliphatic heterocycles. The Bertz CT molecular complexity index is 1140. The highest BCUT2D eigenvalue weighted by atomic mass is 32.2. The lowest BCUT2D eigenvalue weighted by Crippen LogP contribution is -2.47. The summed E-state index contributed by atoms with van der Waals surface area (Å²) < 4.78 is 27.5. The first-order valence-corrected chi connectivity index (χ1v) is 11.3. The van der Waals surface area contributed by atoms with Crippen LogP contribution in [0.1, 0.15) is 0 Å². The Balaban J connectivity index is 0.00000289. The van der Waals surface area contributed by atoms with Gasteiger partial charge in [-0.2, -0.15) is 0 Å². The second-order valence-electron chi connectivity index (χ2n) is 7.34. The molecule has 32 heavy (non-hydrogen) atoms. The van der Waals surface area contributed by atoms with Crippen LogP contribution in [0.25, 0.3) is 0 Å². The standard InChI is InChI=1S/C21H23N7O2S.H2O/c22-19-6-1-16(13-20(19)23)14-27-9-11-28(12-10-27)17-2-4-18(5-3-17)31(29,30)26-21-7-8-24-15-25-21;/h1-8,13,15,22-23H,9-12,14H2,(H,24,25,26);1H2. The summed E-state index contributed by atoms with van der Waals surface area (Å²) >= 11 is 0. The maximum absolute atomic E-state index is 12.5. The summed E-state index contributed by atoms with van der Waals surface area (Å²) in [6.07, 6.45) is 8.09. The highest BCUT2D eigenvalue weighted by Crippen LogP contribution is 2.21. The van der Waals surface area contributed by atoms with Crippen molar-refractivity contribution in [2.75, 3.05) is 42.3 Å². The Kier molecular flexibility index (Phi) is 7.13. The molecule has 0 atom stereocenters. The van der Waals surface area contributed by atoms with E-state index in [1.54, 1.807) is 24.3 Å². The summed E-state index contributed by atoms with van der Waals surface area (Å²) in [6, 6.07) is 8.34. The van der Waals surface area contributed by atoms with Crippen LogP contribution in [0.15, 0.2) is 71.6 Å². The minimum atomic E-state index is -3.71. The third kappa shape index (κ3) is 5.44. The lowest BCUT2D eigenvalue weighted by molar-refractivity contribution is 0.280. The SMILES string of the molecule is N=C1C=CC(CN2CCN(c3ccc(S(=O)(=O)Nc4ccncn4)cc3)CC2)=CC1=N.O. The van der Waals surface area contributed by atoms with Crippen LogP contribution in [0.3, 0.4) is 0 Å². The topological polar surface area (TPSA) is 158 Å². The summed E-state index contributed by atoms with van der Waals surface area (Å²) in [7, 11) is -3.71. The van der Waals surface area contributed by atoms with E-state index in [9.17, 15) is 8.42 Å². The fourth-order valence-corrected chi connectivity index (χ4v) is 4.50. The molecule has 0 spiro atoms. The smallest absolute Gasteiger partial charge is 0.263 e. The van der Waals surface area contributed by atoms with Gasteiger partial charge in [0.15, 0.2) is 0 Å². The molecule has 1 saturated heterocycles. The zero-order chi connectivity index (χ0) is 21.8. The molecule has 168 valence electrons. The van der Waals surface area contributed by atoms with E-state index in [0.29, 0.717) is 0 Å². The number of nitrogens with zero attached hydrogens (tertiary/aromatic N) is 4. The first kappa shape index (κ1) is 23.3. The fraction of sp³-hybridized carbons (Fsp3) is 0.238. The molecule has 1 aromatic carbocycles. The van der Waals surface area contributed by atoms with E-state index in [-0.39, 0.29) is 27.6 Å². The summed E-state index contributed by atoms with van der Waals surface area (Å²) in [5, 5.41) is 15.4. The van der Waals surface area contributed by atoms with Crippen LogP contribution in [0.5, 0.6) is 0 Å². The third-order valence-electron chi connectivity index (χ3n) is 5.20. The van der Waals surface area contributed by atoms with Gasteiger partial charge in [-0.25, -0.2) is 18.4 Å².